The summed E-state index contributed by atoms with van der Waals surface area (Å²) in [6.45, 7) is 4.01. The molecule has 0 aliphatic heterocycles. The third-order valence-electron chi connectivity index (χ3n) is 6.45. The normalized spacial score (nSPS) is 12.7. The first kappa shape index (κ1) is 37.4. The Bertz CT molecular complexity index is 753. The number of esters is 1. The maximum absolute atomic E-state index is 12.4. The third kappa shape index (κ3) is 28.4. The van der Waals surface area contributed by atoms with Crippen LogP contribution in [-0.4, -0.2) is 35.6 Å². The van der Waals surface area contributed by atoms with Gasteiger partial charge in [-0.25, -0.2) is 0 Å². The minimum absolute atomic E-state index is 0.151. The summed E-state index contributed by atoms with van der Waals surface area (Å²) in [5, 5.41) is 11.0. The lowest BCUT2D eigenvalue weighted by Gasteiger charge is -2.11. The lowest BCUT2D eigenvalue weighted by atomic mass is 10.1. The van der Waals surface area contributed by atoms with E-state index in [0.717, 1.165) is 64.2 Å². The molecule has 1 unspecified atom stereocenters. The lowest BCUT2D eigenvalue weighted by Crippen LogP contribution is -2.28. The molecule has 1 atom stereocenters. The second-order valence-electron chi connectivity index (χ2n) is 10.3. The molecule has 0 radical (unpaired) electrons. The molecule has 0 heterocycles. The zero-order valence-corrected chi connectivity index (χ0v) is 25.4. The minimum Gasteiger partial charge on any atom is -0.480 e. The van der Waals surface area contributed by atoms with Crippen LogP contribution in [0.4, 0.5) is 0 Å². The number of aliphatic carboxylic acids is 1. The van der Waals surface area contributed by atoms with Crippen molar-refractivity contribution in [3.8, 4) is 0 Å². The molecule has 0 aromatic carbocycles. The number of carbonyl (C=O) groups is 3. The van der Waals surface area contributed by atoms with Crippen LogP contribution < -0.4 is 5.32 Å². The summed E-state index contributed by atoms with van der Waals surface area (Å²) in [7, 11) is 0. The number of unbranched alkanes of at least 4 members (excludes halogenated alkanes) is 12. The number of carboxylic acid groups (broad SMARTS) is 1. The number of hydrogen-bond acceptors (Lipinski definition) is 4. The topological polar surface area (TPSA) is 92.7 Å². The van der Waals surface area contributed by atoms with Crippen LogP contribution in [0.15, 0.2) is 48.6 Å². The number of hydrogen-bond donors (Lipinski definition) is 2. The summed E-state index contributed by atoms with van der Waals surface area (Å²) in [6.07, 6.45) is 35.6. The van der Waals surface area contributed by atoms with E-state index in [9.17, 15) is 14.4 Å². The fourth-order valence-corrected chi connectivity index (χ4v) is 4.11. The molecule has 40 heavy (non-hydrogen) atoms. The average Bonchev–Trinajstić information content (AvgIpc) is 2.93. The fraction of sp³-hybridized carbons (Fsp3) is 0.676. The van der Waals surface area contributed by atoms with E-state index in [1.165, 1.54) is 44.9 Å². The van der Waals surface area contributed by atoms with Crippen molar-refractivity contribution in [3.63, 3.8) is 0 Å². The quantitative estimate of drug-likeness (QED) is 0.0596. The van der Waals surface area contributed by atoms with Gasteiger partial charge in [0.1, 0.15) is 12.6 Å². The van der Waals surface area contributed by atoms with E-state index in [2.05, 4.69) is 43.5 Å². The van der Waals surface area contributed by atoms with Crippen molar-refractivity contribution in [1.82, 2.24) is 5.32 Å². The molecule has 0 bridgehead atoms. The van der Waals surface area contributed by atoms with Crippen molar-refractivity contribution in [2.24, 2.45) is 0 Å². The number of allylic oxidation sites excluding steroid dienone is 6. The van der Waals surface area contributed by atoms with Crippen LogP contribution in [0.25, 0.3) is 0 Å². The van der Waals surface area contributed by atoms with Crippen LogP contribution >= 0.6 is 0 Å². The second kappa shape index (κ2) is 29.4. The predicted octanol–water partition coefficient (Wildman–Crippen LogP) is 8.78. The Labute approximate surface area is 244 Å². The van der Waals surface area contributed by atoms with Crippen LogP contribution in [0.1, 0.15) is 136 Å². The standard InChI is InChI=1S/C34H57NO5/c1-3-5-7-9-10-11-12-13-14-15-16-21-25-29-34(39)40-31(26-22-18-8-6-4-2)27-23-19-17-20-24-28-32(36)35-30-33(37)38/h6,8,11-12,22-23,26-27,31H,3-5,7,9-10,13-21,24-25,28-30H2,1-2H3,(H,35,36)(H,37,38)/b8-6-,12-11-,26-22-,27-23-. The Hall–Kier alpha value is -2.63. The van der Waals surface area contributed by atoms with E-state index >= 15 is 0 Å². The van der Waals surface area contributed by atoms with Crippen LogP contribution in [-0.2, 0) is 19.1 Å². The molecule has 0 spiro atoms. The highest BCUT2D eigenvalue weighted by molar-refractivity contribution is 5.80. The summed E-state index contributed by atoms with van der Waals surface area (Å²) in [6, 6.07) is 0. The molecule has 0 aliphatic rings. The SMILES string of the molecule is CC/C=C\C/C=C\C(/C=C\CCCCCC(=O)NCC(=O)O)OC(=O)CCCCCCC/C=C\CCCCCC. The van der Waals surface area contributed by atoms with Gasteiger partial charge in [-0.3, -0.25) is 14.4 Å². The molecule has 1 amide bonds. The molecule has 0 saturated heterocycles. The fourth-order valence-electron chi connectivity index (χ4n) is 4.11. The second-order valence-corrected chi connectivity index (χ2v) is 10.3. The van der Waals surface area contributed by atoms with Gasteiger partial charge in [0.25, 0.3) is 0 Å². The minimum atomic E-state index is -1.04. The number of amides is 1. The van der Waals surface area contributed by atoms with Gasteiger partial charge < -0.3 is 15.2 Å². The molecule has 0 aliphatic carbocycles. The van der Waals surface area contributed by atoms with Crippen molar-refractivity contribution in [2.75, 3.05) is 6.54 Å². The molecule has 6 heteroatoms. The first-order valence-electron chi connectivity index (χ1n) is 15.8. The Morgan fingerprint density at radius 2 is 1.25 bits per heavy atom. The zero-order chi connectivity index (χ0) is 29.5. The van der Waals surface area contributed by atoms with Gasteiger partial charge in [-0.05, 0) is 76.4 Å². The molecular formula is C34H57NO5. The lowest BCUT2D eigenvalue weighted by molar-refractivity contribution is -0.145. The highest BCUT2D eigenvalue weighted by Crippen LogP contribution is 2.11. The van der Waals surface area contributed by atoms with E-state index in [1.54, 1.807) is 0 Å². The molecule has 0 saturated carbocycles. The molecule has 2 N–H and O–H groups in total. The number of carbonyl (C=O) groups excluding carboxylic acids is 2. The first-order valence-corrected chi connectivity index (χ1v) is 15.8. The monoisotopic (exact) mass is 559 g/mol. The van der Waals surface area contributed by atoms with Gasteiger partial charge in [0, 0.05) is 12.8 Å². The third-order valence-corrected chi connectivity index (χ3v) is 6.45. The molecular weight excluding hydrogens is 502 g/mol. The van der Waals surface area contributed by atoms with Gasteiger partial charge in [0.15, 0.2) is 0 Å². The van der Waals surface area contributed by atoms with Crippen molar-refractivity contribution in [1.29, 1.82) is 0 Å². The predicted molar refractivity (Wildman–Crippen MR) is 166 cm³/mol. The van der Waals surface area contributed by atoms with Crippen LogP contribution in [0.3, 0.4) is 0 Å². The average molecular weight is 560 g/mol. The maximum Gasteiger partial charge on any atom is 0.322 e. The highest BCUT2D eigenvalue weighted by atomic mass is 16.5. The van der Waals surface area contributed by atoms with Gasteiger partial charge in [0.05, 0.1) is 0 Å². The Morgan fingerprint density at radius 1 is 0.675 bits per heavy atom. The molecule has 6 nitrogen and oxygen atoms in total. The number of rotatable bonds is 27. The van der Waals surface area contributed by atoms with Crippen molar-refractivity contribution in [3.05, 3.63) is 48.6 Å². The van der Waals surface area contributed by atoms with Gasteiger partial charge >= 0.3 is 11.9 Å². The zero-order valence-electron chi connectivity index (χ0n) is 25.4. The number of nitrogens with one attached hydrogen (secondary N) is 1. The Kier molecular flexibility index (Phi) is 27.4. The Balaban J connectivity index is 4.18. The molecule has 228 valence electrons. The number of carboxylic acids is 1. The number of ether oxygens (including phenoxy) is 1. The Morgan fingerprint density at radius 3 is 1.93 bits per heavy atom. The van der Waals surface area contributed by atoms with E-state index < -0.39 is 5.97 Å². The van der Waals surface area contributed by atoms with Crippen molar-refractivity contribution in [2.45, 2.75) is 142 Å². The van der Waals surface area contributed by atoms with E-state index in [0.29, 0.717) is 12.8 Å². The van der Waals surface area contributed by atoms with Crippen molar-refractivity contribution < 1.29 is 24.2 Å². The van der Waals surface area contributed by atoms with Crippen LogP contribution in [0.2, 0.25) is 0 Å². The van der Waals surface area contributed by atoms with E-state index in [-0.39, 0.29) is 24.5 Å². The largest absolute Gasteiger partial charge is 0.480 e. The van der Waals surface area contributed by atoms with Gasteiger partial charge in [-0.2, -0.15) is 0 Å². The summed E-state index contributed by atoms with van der Waals surface area (Å²) >= 11 is 0. The summed E-state index contributed by atoms with van der Waals surface area (Å²) in [5.74, 6) is -1.42. The van der Waals surface area contributed by atoms with Crippen LogP contribution in [0, 0.1) is 0 Å². The molecule has 0 fully saturated rings. The van der Waals surface area contributed by atoms with Crippen molar-refractivity contribution >= 4 is 17.8 Å². The van der Waals surface area contributed by atoms with Gasteiger partial charge in [-0.1, -0.05) is 95.2 Å². The van der Waals surface area contributed by atoms with Crippen LogP contribution in [0.5, 0.6) is 0 Å². The summed E-state index contributed by atoms with van der Waals surface area (Å²) < 4.78 is 5.72. The maximum atomic E-state index is 12.4. The van der Waals surface area contributed by atoms with Gasteiger partial charge in [-0.15, -0.1) is 0 Å². The van der Waals surface area contributed by atoms with Gasteiger partial charge in [0.2, 0.25) is 5.91 Å². The van der Waals surface area contributed by atoms with E-state index in [1.807, 2.05) is 24.3 Å². The molecule has 0 rings (SSSR count). The highest BCUT2D eigenvalue weighted by Gasteiger charge is 2.08. The molecule has 0 aromatic heterocycles. The summed E-state index contributed by atoms with van der Waals surface area (Å²) in [5.41, 5.74) is 0. The first-order chi connectivity index (χ1) is 19.5. The molecule has 0 aromatic rings. The van der Waals surface area contributed by atoms with E-state index in [4.69, 9.17) is 9.84 Å². The summed E-state index contributed by atoms with van der Waals surface area (Å²) in [4.78, 5) is 34.5. The smallest absolute Gasteiger partial charge is 0.322 e.